The van der Waals surface area contributed by atoms with E-state index in [1.54, 1.807) is 11.0 Å². The number of carbonyl (C=O) groups is 1. The maximum absolute atomic E-state index is 13.1. The van der Waals surface area contributed by atoms with Crippen molar-refractivity contribution in [1.82, 2.24) is 13.8 Å². The van der Waals surface area contributed by atoms with E-state index in [-0.39, 0.29) is 33.9 Å². The Labute approximate surface area is 179 Å². The van der Waals surface area contributed by atoms with Gasteiger partial charge in [0.25, 0.3) is 5.91 Å². The molecular formula is C20H19Cl2N3O3S. The van der Waals surface area contributed by atoms with Crippen molar-refractivity contribution in [1.29, 1.82) is 0 Å². The van der Waals surface area contributed by atoms with Crippen molar-refractivity contribution in [2.75, 3.05) is 26.2 Å². The third kappa shape index (κ3) is 3.53. The topological polar surface area (TPSA) is 62.6 Å². The lowest BCUT2D eigenvalue weighted by molar-refractivity contribution is 0.0699. The molecular weight excluding hydrogens is 433 g/mol. The summed E-state index contributed by atoms with van der Waals surface area (Å²) in [5.41, 5.74) is 1.60. The second kappa shape index (κ2) is 7.65. The average molecular weight is 452 g/mol. The Morgan fingerprint density at radius 2 is 1.55 bits per heavy atom. The highest BCUT2D eigenvalue weighted by atomic mass is 35.5. The van der Waals surface area contributed by atoms with Crippen LogP contribution in [0.2, 0.25) is 10.0 Å². The van der Waals surface area contributed by atoms with Gasteiger partial charge < -0.3 is 9.47 Å². The second-order valence-corrected chi connectivity index (χ2v) is 9.61. The van der Waals surface area contributed by atoms with E-state index in [1.807, 2.05) is 42.1 Å². The summed E-state index contributed by atoms with van der Waals surface area (Å²) in [5, 5.41) is 1.07. The number of hydrogen-bond acceptors (Lipinski definition) is 3. The summed E-state index contributed by atoms with van der Waals surface area (Å²) in [7, 11) is -1.94. The van der Waals surface area contributed by atoms with Gasteiger partial charge in [-0.3, -0.25) is 4.79 Å². The fourth-order valence-electron chi connectivity index (χ4n) is 3.67. The normalized spacial score (nSPS) is 15.8. The molecule has 3 aromatic rings. The molecule has 0 radical (unpaired) electrons. The maximum atomic E-state index is 13.1. The van der Waals surface area contributed by atoms with Crippen molar-refractivity contribution in [3.05, 3.63) is 64.3 Å². The first kappa shape index (κ1) is 20.2. The zero-order chi connectivity index (χ0) is 20.8. The zero-order valence-corrected chi connectivity index (χ0v) is 18.0. The van der Waals surface area contributed by atoms with Gasteiger partial charge in [0.15, 0.2) is 0 Å². The van der Waals surface area contributed by atoms with Gasteiger partial charge in [-0.1, -0.05) is 47.5 Å². The summed E-state index contributed by atoms with van der Waals surface area (Å²) in [5.74, 6) is -0.102. The minimum Gasteiger partial charge on any atom is -0.350 e. The first-order valence-electron chi connectivity index (χ1n) is 9.08. The van der Waals surface area contributed by atoms with E-state index in [0.717, 1.165) is 10.9 Å². The Hall–Kier alpha value is -2.06. The highest BCUT2D eigenvalue weighted by Gasteiger charge is 2.33. The Balaban J connectivity index is 1.54. The number of hydrogen-bond donors (Lipinski definition) is 0. The van der Waals surface area contributed by atoms with Gasteiger partial charge in [-0.05, 0) is 18.2 Å². The third-order valence-electron chi connectivity index (χ3n) is 5.17. The summed E-state index contributed by atoms with van der Waals surface area (Å²) in [6, 6.07) is 12.3. The van der Waals surface area contributed by atoms with Crippen LogP contribution in [0, 0.1) is 0 Å². The highest BCUT2D eigenvalue weighted by molar-refractivity contribution is 7.89. The molecule has 0 aliphatic carbocycles. The van der Waals surface area contributed by atoms with Crippen molar-refractivity contribution in [2.45, 2.75) is 4.90 Å². The van der Waals surface area contributed by atoms with Crippen molar-refractivity contribution in [2.24, 2.45) is 7.05 Å². The zero-order valence-electron chi connectivity index (χ0n) is 15.7. The predicted molar refractivity (Wildman–Crippen MR) is 114 cm³/mol. The molecule has 1 aliphatic rings. The number of piperazine rings is 1. The van der Waals surface area contributed by atoms with E-state index in [1.165, 1.54) is 16.4 Å². The summed E-state index contributed by atoms with van der Waals surface area (Å²) >= 11 is 12.2. The van der Waals surface area contributed by atoms with Crippen LogP contribution >= 0.6 is 23.2 Å². The Kier molecular flexibility index (Phi) is 5.33. The molecule has 152 valence electrons. The quantitative estimate of drug-likeness (QED) is 0.610. The molecule has 0 spiro atoms. The van der Waals surface area contributed by atoms with Crippen LogP contribution in [0.5, 0.6) is 0 Å². The summed E-state index contributed by atoms with van der Waals surface area (Å²) in [4.78, 5) is 14.7. The van der Waals surface area contributed by atoms with E-state index in [0.29, 0.717) is 18.7 Å². The standard InChI is InChI=1S/C20H19Cl2N3O3S/c1-23-13-15(14-5-2-3-8-18(14)23)20(26)24-9-11-25(12-10-24)29(27,28)19-16(21)6-4-7-17(19)22/h2-8,13H,9-12H2,1H3. The molecule has 0 atom stereocenters. The van der Waals surface area contributed by atoms with Crippen LogP contribution in [-0.2, 0) is 17.1 Å². The smallest absolute Gasteiger partial charge is 0.256 e. The van der Waals surface area contributed by atoms with Crippen molar-refractivity contribution < 1.29 is 13.2 Å². The average Bonchev–Trinajstić information content (AvgIpc) is 3.04. The minimum absolute atomic E-state index is 0.0860. The van der Waals surface area contributed by atoms with E-state index < -0.39 is 10.0 Å². The van der Waals surface area contributed by atoms with E-state index in [2.05, 4.69) is 0 Å². The molecule has 0 N–H and O–H groups in total. The first-order chi connectivity index (χ1) is 13.8. The Morgan fingerprint density at radius 1 is 0.931 bits per heavy atom. The lowest BCUT2D eigenvalue weighted by Gasteiger charge is -2.34. The molecule has 0 bridgehead atoms. The molecule has 1 saturated heterocycles. The number of benzene rings is 2. The highest BCUT2D eigenvalue weighted by Crippen LogP contribution is 2.32. The van der Waals surface area contributed by atoms with Gasteiger partial charge in [-0.25, -0.2) is 8.42 Å². The fourth-order valence-corrected chi connectivity index (χ4v) is 6.19. The molecule has 2 heterocycles. The number of amides is 1. The Morgan fingerprint density at radius 3 is 2.21 bits per heavy atom. The van der Waals surface area contributed by atoms with Crippen LogP contribution in [0.1, 0.15) is 10.4 Å². The Bertz CT molecular complexity index is 1180. The van der Waals surface area contributed by atoms with Gasteiger partial charge in [0, 0.05) is 50.3 Å². The summed E-state index contributed by atoms with van der Waals surface area (Å²) in [6.07, 6.45) is 1.82. The molecule has 0 saturated carbocycles. The largest absolute Gasteiger partial charge is 0.350 e. The molecule has 6 nitrogen and oxygen atoms in total. The molecule has 0 unspecified atom stereocenters. The van der Waals surface area contributed by atoms with Gasteiger partial charge in [0.05, 0.1) is 15.6 Å². The van der Waals surface area contributed by atoms with Crippen LogP contribution in [0.25, 0.3) is 10.9 Å². The summed E-state index contributed by atoms with van der Waals surface area (Å²) in [6.45, 7) is 0.952. The third-order valence-corrected chi connectivity index (χ3v) is 8.02. The number of nitrogens with zero attached hydrogens (tertiary/aromatic N) is 3. The number of carbonyl (C=O) groups excluding carboxylic acids is 1. The van der Waals surface area contributed by atoms with Gasteiger partial charge >= 0.3 is 0 Å². The molecule has 9 heteroatoms. The maximum Gasteiger partial charge on any atom is 0.256 e. The van der Waals surface area contributed by atoms with Crippen LogP contribution in [-0.4, -0.2) is 54.3 Å². The molecule has 1 aromatic heterocycles. The number of para-hydroxylation sites is 1. The molecule has 1 amide bonds. The monoisotopic (exact) mass is 451 g/mol. The lowest BCUT2D eigenvalue weighted by atomic mass is 10.1. The number of aromatic nitrogens is 1. The minimum atomic E-state index is -3.84. The number of aryl methyl sites for hydroxylation is 1. The van der Waals surface area contributed by atoms with E-state index in [9.17, 15) is 13.2 Å². The molecule has 1 fully saturated rings. The lowest BCUT2D eigenvalue weighted by Crippen LogP contribution is -2.50. The van der Waals surface area contributed by atoms with Crippen LogP contribution < -0.4 is 0 Å². The van der Waals surface area contributed by atoms with Gasteiger partial charge in [0.1, 0.15) is 4.90 Å². The first-order valence-corrected chi connectivity index (χ1v) is 11.3. The number of fused-ring (bicyclic) bond motifs is 1. The SMILES string of the molecule is Cn1cc(C(=O)N2CCN(S(=O)(=O)c3c(Cl)cccc3Cl)CC2)c2ccccc21. The molecule has 1 aliphatic heterocycles. The molecule has 4 rings (SSSR count). The van der Waals surface area contributed by atoms with Crippen LogP contribution in [0.4, 0.5) is 0 Å². The number of halogens is 2. The van der Waals surface area contributed by atoms with E-state index in [4.69, 9.17) is 23.2 Å². The number of rotatable bonds is 3. The van der Waals surface area contributed by atoms with Gasteiger partial charge in [-0.2, -0.15) is 4.31 Å². The van der Waals surface area contributed by atoms with Crippen molar-refractivity contribution in [3.63, 3.8) is 0 Å². The van der Waals surface area contributed by atoms with E-state index >= 15 is 0 Å². The predicted octanol–water partition coefficient (Wildman–Crippen LogP) is 3.63. The van der Waals surface area contributed by atoms with Gasteiger partial charge in [0.2, 0.25) is 10.0 Å². The molecule has 2 aromatic carbocycles. The van der Waals surface area contributed by atoms with Crippen molar-refractivity contribution in [3.8, 4) is 0 Å². The van der Waals surface area contributed by atoms with Crippen molar-refractivity contribution >= 4 is 50.0 Å². The number of sulfonamides is 1. The summed E-state index contributed by atoms with van der Waals surface area (Å²) < 4.78 is 29.3. The van der Waals surface area contributed by atoms with Gasteiger partial charge in [-0.15, -0.1) is 0 Å². The van der Waals surface area contributed by atoms with Crippen LogP contribution in [0.15, 0.2) is 53.6 Å². The van der Waals surface area contributed by atoms with Crippen LogP contribution in [0.3, 0.4) is 0 Å². The fraction of sp³-hybridized carbons (Fsp3) is 0.250. The molecule has 29 heavy (non-hydrogen) atoms. The second-order valence-electron chi connectivity index (χ2n) is 6.92.